The zero-order valence-corrected chi connectivity index (χ0v) is 17.6. The second-order valence-electron chi connectivity index (χ2n) is 6.64. The number of carbonyl (C=O) groups excluding carboxylic acids is 1. The van der Waals surface area contributed by atoms with Gasteiger partial charge < -0.3 is 25.5 Å². The molecule has 0 saturated carbocycles. The Balaban J connectivity index is 1.71. The number of fused-ring (bicyclic) bond motifs is 1. The maximum atomic E-state index is 12.2. The fourth-order valence-electron chi connectivity index (χ4n) is 3.00. The Bertz CT molecular complexity index is 1070. The van der Waals surface area contributed by atoms with Gasteiger partial charge in [-0.25, -0.2) is 14.8 Å². The molecule has 3 N–H and O–H groups in total. The van der Waals surface area contributed by atoms with Crippen molar-refractivity contribution in [1.82, 2.24) is 15.3 Å². The molecule has 0 aliphatic carbocycles. The van der Waals surface area contributed by atoms with Crippen LogP contribution in [0.4, 0.5) is 10.5 Å². The Labute approximate surface area is 179 Å². The van der Waals surface area contributed by atoms with E-state index < -0.39 is 0 Å². The highest BCUT2D eigenvalue weighted by Crippen LogP contribution is 2.32. The number of ether oxygens (including phenoxy) is 2. The van der Waals surface area contributed by atoms with Crippen LogP contribution in [0.15, 0.2) is 42.7 Å². The number of amides is 2. The number of nitrogens with one attached hydrogen (secondary N) is 3. The van der Waals surface area contributed by atoms with Gasteiger partial charge in [0.1, 0.15) is 6.33 Å². The van der Waals surface area contributed by atoms with Gasteiger partial charge in [-0.1, -0.05) is 11.6 Å². The van der Waals surface area contributed by atoms with Crippen LogP contribution in [0.25, 0.3) is 10.9 Å². The topological polar surface area (TPSA) is 109 Å². The van der Waals surface area contributed by atoms with E-state index in [1.807, 2.05) is 6.92 Å². The largest absolute Gasteiger partial charge is 0.493 e. The van der Waals surface area contributed by atoms with Crippen LogP contribution in [0.1, 0.15) is 19.0 Å². The van der Waals surface area contributed by atoms with E-state index >= 15 is 0 Å². The third-order valence-electron chi connectivity index (χ3n) is 4.42. The lowest BCUT2D eigenvalue weighted by Crippen LogP contribution is -2.37. The molecule has 1 heterocycles. The molecule has 2 aromatic carbocycles. The lowest BCUT2D eigenvalue weighted by atomic mass is 10.0. The molecule has 9 heteroatoms. The van der Waals surface area contributed by atoms with Crippen molar-refractivity contribution in [3.05, 3.63) is 53.4 Å². The van der Waals surface area contributed by atoms with E-state index in [9.17, 15) is 4.79 Å². The molecule has 2 amide bonds. The van der Waals surface area contributed by atoms with Crippen molar-refractivity contribution in [1.29, 1.82) is 5.41 Å². The SMILES string of the molecule is COc1cc2ncnc(C(=N)CC(C)NC(=O)Nc3ccc(Cl)cc3)c2cc1OC. The number of carbonyl (C=O) groups is 1. The predicted octanol–water partition coefficient (Wildman–Crippen LogP) is 4.27. The summed E-state index contributed by atoms with van der Waals surface area (Å²) in [5.74, 6) is 1.08. The average Bonchev–Trinajstić information content (AvgIpc) is 2.73. The zero-order chi connectivity index (χ0) is 21.7. The van der Waals surface area contributed by atoms with Crippen molar-refractivity contribution < 1.29 is 14.3 Å². The van der Waals surface area contributed by atoms with Crippen molar-refractivity contribution in [3.8, 4) is 11.5 Å². The van der Waals surface area contributed by atoms with E-state index in [0.717, 1.165) is 0 Å². The van der Waals surface area contributed by atoms with Crippen molar-refractivity contribution in [2.45, 2.75) is 19.4 Å². The van der Waals surface area contributed by atoms with Gasteiger partial charge in [0.2, 0.25) is 0 Å². The molecule has 0 fully saturated rings. The van der Waals surface area contributed by atoms with Gasteiger partial charge in [0.15, 0.2) is 11.5 Å². The molecule has 1 aromatic heterocycles. The highest BCUT2D eigenvalue weighted by Gasteiger charge is 2.17. The van der Waals surface area contributed by atoms with Gasteiger partial charge in [0.25, 0.3) is 0 Å². The first-order chi connectivity index (χ1) is 14.4. The van der Waals surface area contributed by atoms with Crippen LogP contribution in [-0.4, -0.2) is 42.0 Å². The molecule has 1 atom stereocenters. The van der Waals surface area contributed by atoms with Gasteiger partial charge in [0, 0.05) is 34.6 Å². The van der Waals surface area contributed by atoms with Gasteiger partial charge in [-0.3, -0.25) is 0 Å². The number of anilines is 1. The number of aromatic nitrogens is 2. The van der Waals surface area contributed by atoms with Crippen LogP contribution in [0, 0.1) is 5.41 Å². The number of benzene rings is 2. The molecule has 0 aliphatic rings. The van der Waals surface area contributed by atoms with E-state index in [1.54, 1.807) is 50.6 Å². The van der Waals surface area contributed by atoms with Gasteiger partial charge in [-0.2, -0.15) is 0 Å². The summed E-state index contributed by atoms with van der Waals surface area (Å²) in [6.45, 7) is 1.82. The molecule has 0 bridgehead atoms. The van der Waals surface area contributed by atoms with E-state index in [0.29, 0.717) is 38.8 Å². The highest BCUT2D eigenvalue weighted by molar-refractivity contribution is 6.30. The molecule has 0 spiro atoms. The number of halogens is 1. The average molecular weight is 428 g/mol. The third kappa shape index (κ3) is 4.96. The molecule has 156 valence electrons. The zero-order valence-electron chi connectivity index (χ0n) is 16.8. The van der Waals surface area contributed by atoms with E-state index in [4.69, 9.17) is 26.5 Å². The minimum Gasteiger partial charge on any atom is -0.493 e. The number of rotatable bonds is 7. The molecule has 30 heavy (non-hydrogen) atoms. The molecule has 3 aromatic rings. The number of urea groups is 1. The van der Waals surface area contributed by atoms with Crippen LogP contribution in [0.2, 0.25) is 5.02 Å². The van der Waals surface area contributed by atoms with Crippen molar-refractivity contribution in [2.24, 2.45) is 0 Å². The molecule has 3 rings (SSSR count). The van der Waals surface area contributed by atoms with Gasteiger partial charge in [-0.05, 0) is 37.3 Å². The number of methoxy groups -OCH3 is 2. The summed E-state index contributed by atoms with van der Waals surface area (Å²) in [4.78, 5) is 20.7. The van der Waals surface area contributed by atoms with Crippen LogP contribution in [0.5, 0.6) is 11.5 Å². The van der Waals surface area contributed by atoms with Gasteiger partial charge in [0.05, 0.1) is 31.1 Å². The summed E-state index contributed by atoms with van der Waals surface area (Å²) in [5, 5.41) is 15.3. The number of hydrogen-bond acceptors (Lipinski definition) is 6. The predicted molar refractivity (Wildman–Crippen MR) is 117 cm³/mol. The minimum absolute atomic E-state index is 0.272. The fraction of sp³-hybridized carbons (Fsp3) is 0.238. The fourth-order valence-corrected chi connectivity index (χ4v) is 3.13. The molecule has 0 radical (unpaired) electrons. The van der Waals surface area contributed by atoms with Gasteiger partial charge >= 0.3 is 6.03 Å². The second kappa shape index (κ2) is 9.41. The Hall–Kier alpha value is -3.39. The molecule has 8 nitrogen and oxygen atoms in total. The lowest BCUT2D eigenvalue weighted by molar-refractivity contribution is 0.249. The number of hydrogen-bond donors (Lipinski definition) is 3. The first-order valence-corrected chi connectivity index (χ1v) is 9.56. The van der Waals surface area contributed by atoms with Crippen LogP contribution < -0.4 is 20.1 Å². The Morgan fingerprint density at radius 2 is 1.80 bits per heavy atom. The summed E-state index contributed by atoms with van der Waals surface area (Å²) in [6, 6.07) is 9.65. The minimum atomic E-state index is -0.364. The molecular weight excluding hydrogens is 406 g/mol. The van der Waals surface area contributed by atoms with Crippen molar-refractivity contribution >= 4 is 39.9 Å². The van der Waals surface area contributed by atoms with E-state index in [2.05, 4.69) is 20.6 Å². The standard InChI is InChI=1S/C21H22ClN5O3/c1-12(26-21(28)27-14-6-4-13(22)5-7-14)8-16(23)20-15-9-18(29-2)19(30-3)10-17(15)24-11-25-20/h4-7,9-12,23H,8H2,1-3H3,(H2,26,27,28). The summed E-state index contributed by atoms with van der Waals surface area (Å²) >= 11 is 5.85. The third-order valence-corrected chi connectivity index (χ3v) is 4.67. The second-order valence-corrected chi connectivity index (χ2v) is 7.07. The van der Waals surface area contributed by atoms with Crippen LogP contribution in [0.3, 0.4) is 0 Å². The molecule has 0 saturated heterocycles. The first-order valence-electron chi connectivity index (χ1n) is 9.19. The Morgan fingerprint density at radius 3 is 2.47 bits per heavy atom. The normalized spacial score (nSPS) is 11.6. The Kier molecular flexibility index (Phi) is 6.68. The first kappa shape index (κ1) is 21.3. The van der Waals surface area contributed by atoms with E-state index in [-0.39, 0.29) is 24.2 Å². The maximum Gasteiger partial charge on any atom is 0.319 e. The highest BCUT2D eigenvalue weighted by atomic mass is 35.5. The van der Waals surface area contributed by atoms with Gasteiger partial charge in [-0.15, -0.1) is 0 Å². The lowest BCUT2D eigenvalue weighted by Gasteiger charge is -2.16. The quantitative estimate of drug-likeness (QED) is 0.488. The summed E-state index contributed by atoms with van der Waals surface area (Å²) in [6.07, 6.45) is 1.69. The molecular formula is C21H22ClN5O3. The smallest absolute Gasteiger partial charge is 0.319 e. The number of nitrogens with zero attached hydrogens (tertiary/aromatic N) is 2. The molecule has 0 aliphatic heterocycles. The molecule has 1 unspecified atom stereocenters. The summed E-state index contributed by atoms with van der Waals surface area (Å²) < 4.78 is 10.7. The Morgan fingerprint density at radius 1 is 1.13 bits per heavy atom. The summed E-state index contributed by atoms with van der Waals surface area (Å²) in [7, 11) is 3.10. The van der Waals surface area contributed by atoms with Crippen molar-refractivity contribution in [2.75, 3.05) is 19.5 Å². The van der Waals surface area contributed by atoms with Crippen LogP contribution >= 0.6 is 11.6 Å². The summed E-state index contributed by atoms with van der Waals surface area (Å²) in [5.41, 5.74) is 2.02. The van der Waals surface area contributed by atoms with Crippen LogP contribution in [-0.2, 0) is 0 Å². The van der Waals surface area contributed by atoms with Crippen molar-refractivity contribution in [3.63, 3.8) is 0 Å². The van der Waals surface area contributed by atoms with E-state index in [1.165, 1.54) is 6.33 Å². The monoisotopic (exact) mass is 427 g/mol. The maximum absolute atomic E-state index is 12.2.